The van der Waals surface area contributed by atoms with E-state index in [1.807, 2.05) is 18.2 Å². The van der Waals surface area contributed by atoms with Gasteiger partial charge >= 0.3 is 0 Å². The number of anilines is 1. The Balaban J connectivity index is 2.28. The van der Waals surface area contributed by atoms with Crippen LogP contribution in [-0.2, 0) is 4.79 Å². The van der Waals surface area contributed by atoms with Gasteiger partial charge in [0.05, 0.1) is 12.8 Å². The van der Waals surface area contributed by atoms with E-state index in [1.54, 1.807) is 18.9 Å². The van der Waals surface area contributed by atoms with Gasteiger partial charge in [0.1, 0.15) is 5.75 Å². The summed E-state index contributed by atoms with van der Waals surface area (Å²) >= 11 is 1.65. The minimum absolute atomic E-state index is 0.0132. The van der Waals surface area contributed by atoms with E-state index in [1.165, 1.54) is 11.8 Å². The Morgan fingerprint density at radius 2 is 2.35 bits per heavy atom. The second-order valence-corrected chi connectivity index (χ2v) is 4.91. The van der Waals surface area contributed by atoms with Crippen LogP contribution in [0.3, 0.4) is 0 Å². The highest BCUT2D eigenvalue weighted by molar-refractivity contribution is 8.00. The van der Waals surface area contributed by atoms with Gasteiger partial charge in [0.25, 0.3) is 0 Å². The minimum atomic E-state index is -0.0143. The molecule has 5 heteroatoms. The number of fused-ring (bicyclic) bond motifs is 1. The van der Waals surface area contributed by atoms with Gasteiger partial charge in [-0.15, -0.1) is 0 Å². The number of benzene rings is 1. The third-order valence-corrected chi connectivity index (χ3v) is 3.86. The molecule has 0 bridgehead atoms. The van der Waals surface area contributed by atoms with E-state index < -0.39 is 0 Å². The van der Waals surface area contributed by atoms with Gasteiger partial charge in [0, 0.05) is 24.4 Å². The highest BCUT2D eigenvalue weighted by Crippen LogP contribution is 2.43. The summed E-state index contributed by atoms with van der Waals surface area (Å²) in [6.07, 6.45) is 0. The van der Waals surface area contributed by atoms with E-state index >= 15 is 0 Å². The molecule has 17 heavy (non-hydrogen) atoms. The molecule has 0 saturated heterocycles. The second-order valence-electron chi connectivity index (χ2n) is 3.79. The topological polar surface area (TPSA) is 41.6 Å². The van der Waals surface area contributed by atoms with Crippen molar-refractivity contribution in [3.63, 3.8) is 0 Å². The van der Waals surface area contributed by atoms with Crippen molar-refractivity contribution in [2.75, 3.05) is 18.6 Å². The molecule has 1 unspecified atom stereocenters. The molecule has 1 aromatic rings. The highest BCUT2D eigenvalue weighted by Gasteiger charge is 2.29. The van der Waals surface area contributed by atoms with Crippen molar-refractivity contribution in [3.05, 3.63) is 18.2 Å². The van der Waals surface area contributed by atoms with Crippen molar-refractivity contribution in [3.8, 4) is 5.75 Å². The van der Waals surface area contributed by atoms with Gasteiger partial charge in [0.2, 0.25) is 5.91 Å². The molecule has 1 aliphatic heterocycles. The lowest BCUT2D eigenvalue weighted by molar-refractivity contribution is -0.119. The van der Waals surface area contributed by atoms with Crippen LogP contribution in [0.2, 0.25) is 0 Å². The van der Waals surface area contributed by atoms with Crippen molar-refractivity contribution in [1.29, 1.82) is 0 Å². The molecule has 0 fully saturated rings. The molecule has 1 N–H and O–H groups in total. The van der Waals surface area contributed by atoms with E-state index in [-0.39, 0.29) is 11.4 Å². The molecule has 1 aromatic carbocycles. The lowest BCUT2D eigenvalue weighted by Gasteiger charge is -2.25. The van der Waals surface area contributed by atoms with Crippen LogP contribution in [0.1, 0.15) is 13.8 Å². The number of rotatable bonds is 3. The first-order valence-electron chi connectivity index (χ1n) is 5.54. The number of hydrogen-bond acceptors (Lipinski definition) is 4. The summed E-state index contributed by atoms with van der Waals surface area (Å²) in [4.78, 5) is 14.5. The molecule has 0 radical (unpaired) electrons. The summed E-state index contributed by atoms with van der Waals surface area (Å²) in [6.45, 7) is 4.46. The third kappa shape index (κ3) is 2.34. The molecule has 1 heterocycles. The minimum Gasteiger partial charge on any atom is -0.497 e. The second kappa shape index (κ2) is 4.87. The first-order chi connectivity index (χ1) is 8.15. The predicted octanol–water partition coefficient (Wildman–Crippen LogP) is 2.05. The quantitative estimate of drug-likeness (QED) is 0.894. The molecule has 1 amide bonds. The van der Waals surface area contributed by atoms with Crippen molar-refractivity contribution >= 4 is 23.4 Å². The maximum absolute atomic E-state index is 11.2. The first kappa shape index (κ1) is 12.1. The van der Waals surface area contributed by atoms with Gasteiger partial charge in [-0.05, 0) is 19.1 Å². The molecular weight excluding hydrogens is 236 g/mol. The standard InChI is InChI=1S/C12H16N2O2S/c1-4-14-10-7-9(16-3)5-6-11(10)17-12(14)13-8(2)15/h5-7,12H,4H2,1-3H3,(H,13,15). The number of ether oxygens (including phenoxy) is 1. The van der Waals surface area contributed by atoms with E-state index in [0.717, 1.165) is 18.0 Å². The van der Waals surface area contributed by atoms with Gasteiger partial charge in [-0.1, -0.05) is 11.8 Å². The third-order valence-electron chi connectivity index (χ3n) is 2.66. The van der Waals surface area contributed by atoms with E-state index in [4.69, 9.17) is 4.74 Å². The molecule has 0 aromatic heterocycles. The van der Waals surface area contributed by atoms with Crippen LogP contribution in [0.5, 0.6) is 5.75 Å². The van der Waals surface area contributed by atoms with Crippen molar-refractivity contribution in [1.82, 2.24) is 5.32 Å². The molecule has 2 rings (SSSR count). The van der Waals surface area contributed by atoms with Crippen LogP contribution in [0.15, 0.2) is 23.1 Å². The molecule has 1 aliphatic rings. The zero-order valence-electron chi connectivity index (χ0n) is 10.2. The summed E-state index contributed by atoms with van der Waals surface area (Å²) in [5, 5.41) is 2.94. The average Bonchev–Trinajstić information content (AvgIpc) is 2.63. The maximum atomic E-state index is 11.2. The van der Waals surface area contributed by atoms with Crippen LogP contribution >= 0.6 is 11.8 Å². The van der Waals surface area contributed by atoms with Crippen LogP contribution < -0.4 is 15.0 Å². The van der Waals surface area contributed by atoms with Crippen molar-refractivity contribution < 1.29 is 9.53 Å². The normalized spacial score (nSPS) is 17.8. The smallest absolute Gasteiger partial charge is 0.219 e. The van der Waals surface area contributed by atoms with Crippen LogP contribution in [0.25, 0.3) is 0 Å². The largest absolute Gasteiger partial charge is 0.497 e. The lowest BCUT2D eigenvalue weighted by atomic mass is 10.2. The number of carbonyl (C=O) groups excluding carboxylic acids is 1. The van der Waals surface area contributed by atoms with Crippen molar-refractivity contribution in [2.45, 2.75) is 24.2 Å². The van der Waals surface area contributed by atoms with E-state index in [9.17, 15) is 4.79 Å². The van der Waals surface area contributed by atoms with Gasteiger partial charge in [-0.3, -0.25) is 4.79 Å². The lowest BCUT2D eigenvalue weighted by Crippen LogP contribution is -2.42. The van der Waals surface area contributed by atoms with Gasteiger partial charge in [-0.2, -0.15) is 0 Å². The molecule has 1 atom stereocenters. The van der Waals surface area contributed by atoms with Crippen LogP contribution in [0.4, 0.5) is 5.69 Å². The molecule has 92 valence electrons. The Hall–Kier alpha value is -1.36. The number of nitrogens with one attached hydrogen (secondary N) is 1. The zero-order valence-corrected chi connectivity index (χ0v) is 11.0. The fourth-order valence-corrected chi connectivity index (χ4v) is 3.17. The predicted molar refractivity (Wildman–Crippen MR) is 69.5 cm³/mol. The van der Waals surface area contributed by atoms with E-state index in [2.05, 4.69) is 17.1 Å². The SMILES string of the molecule is CCN1c2cc(OC)ccc2SC1NC(C)=O. The zero-order chi connectivity index (χ0) is 12.4. The number of methoxy groups -OCH3 is 1. The Kier molecular flexibility index (Phi) is 3.47. The number of amides is 1. The molecular formula is C12H16N2O2S. The van der Waals surface area contributed by atoms with E-state index in [0.29, 0.717) is 0 Å². The number of nitrogens with zero attached hydrogens (tertiary/aromatic N) is 1. The summed E-state index contributed by atoms with van der Waals surface area (Å²) in [5.41, 5.74) is 1.11. The van der Waals surface area contributed by atoms with Gasteiger partial charge in [0.15, 0.2) is 5.50 Å². The Morgan fingerprint density at radius 1 is 1.59 bits per heavy atom. The summed E-state index contributed by atoms with van der Waals surface area (Å²) in [7, 11) is 1.66. The van der Waals surface area contributed by atoms with Crippen molar-refractivity contribution in [2.24, 2.45) is 0 Å². The average molecular weight is 252 g/mol. The number of hydrogen-bond donors (Lipinski definition) is 1. The molecule has 0 saturated carbocycles. The van der Waals surface area contributed by atoms with Crippen LogP contribution in [-0.4, -0.2) is 25.1 Å². The highest BCUT2D eigenvalue weighted by atomic mass is 32.2. The Labute approximate surface area is 105 Å². The fraction of sp³-hybridized carbons (Fsp3) is 0.417. The fourth-order valence-electron chi connectivity index (χ4n) is 1.88. The first-order valence-corrected chi connectivity index (χ1v) is 6.42. The maximum Gasteiger partial charge on any atom is 0.219 e. The monoisotopic (exact) mass is 252 g/mol. The summed E-state index contributed by atoms with van der Waals surface area (Å²) in [6, 6.07) is 5.98. The van der Waals surface area contributed by atoms with Crippen LogP contribution in [0, 0.1) is 0 Å². The summed E-state index contributed by atoms with van der Waals surface area (Å²) in [5.74, 6) is 0.826. The molecule has 0 spiro atoms. The molecule has 4 nitrogen and oxygen atoms in total. The molecule has 0 aliphatic carbocycles. The van der Waals surface area contributed by atoms with Gasteiger partial charge < -0.3 is 15.0 Å². The summed E-state index contributed by atoms with van der Waals surface area (Å²) < 4.78 is 5.23. The van der Waals surface area contributed by atoms with Gasteiger partial charge in [-0.25, -0.2) is 0 Å². The number of carbonyl (C=O) groups is 1. The Bertz CT molecular complexity index is 437. The Morgan fingerprint density at radius 3 is 2.94 bits per heavy atom. The number of thioether (sulfide) groups is 1.